The number of rotatable bonds is 0. The maximum Gasteiger partial charge on any atom is 0.116 e. The molecule has 0 atom stereocenters. The molecule has 4 heteroatoms. The Morgan fingerprint density at radius 3 is 2.93 bits per heavy atom. The Kier molecular flexibility index (Phi) is 1.41. The molecule has 0 fully saturated rings. The van der Waals surface area contributed by atoms with Gasteiger partial charge in [-0.15, -0.1) is 0 Å². The Labute approximate surface area is 79.7 Å². The van der Waals surface area contributed by atoms with E-state index in [-0.39, 0.29) is 0 Å². The van der Waals surface area contributed by atoms with E-state index in [1.54, 1.807) is 24.8 Å². The van der Waals surface area contributed by atoms with E-state index >= 15 is 0 Å². The van der Waals surface area contributed by atoms with Crippen LogP contribution in [0.5, 0.6) is 0 Å². The van der Waals surface area contributed by atoms with E-state index in [2.05, 4.69) is 19.9 Å². The van der Waals surface area contributed by atoms with Gasteiger partial charge in [0.05, 0.1) is 6.20 Å². The minimum absolute atomic E-state index is 0.811. The number of hydrogen-bond donors (Lipinski definition) is 0. The summed E-state index contributed by atoms with van der Waals surface area (Å²) in [4.78, 5) is 16.4. The van der Waals surface area contributed by atoms with Gasteiger partial charge in [0.15, 0.2) is 0 Å². The van der Waals surface area contributed by atoms with E-state index in [1.807, 2.05) is 6.07 Å². The molecule has 3 aromatic rings. The lowest BCUT2D eigenvalue weighted by molar-refractivity contribution is 1.20. The molecule has 3 heterocycles. The first kappa shape index (κ1) is 7.32. The summed E-state index contributed by atoms with van der Waals surface area (Å²) in [5.74, 6) is 0. The summed E-state index contributed by atoms with van der Waals surface area (Å²) >= 11 is 0. The summed E-state index contributed by atoms with van der Waals surface area (Å²) in [5.41, 5.74) is 1.69. The zero-order valence-corrected chi connectivity index (χ0v) is 7.25. The third kappa shape index (κ3) is 0.939. The van der Waals surface area contributed by atoms with Crippen molar-refractivity contribution in [1.82, 2.24) is 19.9 Å². The first-order chi connectivity index (χ1) is 6.95. The van der Waals surface area contributed by atoms with Crippen LogP contribution in [0.1, 0.15) is 0 Å². The van der Waals surface area contributed by atoms with Gasteiger partial charge in [-0.25, -0.2) is 9.97 Å². The van der Waals surface area contributed by atoms with Crippen LogP contribution in [0.4, 0.5) is 0 Å². The van der Waals surface area contributed by atoms with Crippen molar-refractivity contribution in [2.24, 2.45) is 0 Å². The zero-order chi connectivity index (χ0) is 9.38. The highest BCUT2D eigenvalue weighted by molar-refractivity contribution is 6.01. The molecular weight excluding hydrogens is 176 g/mol. The average molecular weight is 182 g/mol. The van der Waals surface area contributed by atoms with Crippen LogP contribution in [0.25, 0.3) is 21.8 Å². The molecule has 0 unspecified atom stereocenters. The van der Waals surface area contributed by atoms with Gasteiger partial charge < -0.3 is 0 Å². The maximum absolute atomic E-state index is 4.24. The SMILES string of the molecule is c1cc2c(cn1)cnc1cncnc12. The van der Waals surface area contributed by atoms with Gasteiger partial charge in [0.25, 0.3) is 0 Å². The smallest absolute Gasteiger partial charge is 0.116 e. The second-order valence-electron chi connectivity index (χ2n) is 2.98. The fourth-order valence-corrected chi connectivity index (χ4v) is 1.49. The second kappa shape index (κ2) is 2.70. The lowest BCUT2D eigenvalue weighted by Crippen LogP contribution is -1.86. The molecule has 0 bridgehead atoms. The standard InChI is InChI=1S/C10H6N4/c1-2-11-3-7-4-13-9-5-12-6-14-10(9)8(1)7/h1-6H. The molecule has 0 aromatic carbocycles. The Balaban J connectivity index is 2.61. The van der Waals surface area contributed by atoms with Gasteiger partial charge in [0.2, 0.25) is 0 Å². The van der Waals surface area contributed by atoms with Gasteiger partial charge in [0, 0.05) is 29.4 Å². The van der Waals surface area contributed by atoms with E-state index < -0.39 is 0 Å². The van der Waals surface area contributed by atoms with Crippen LogP contribution in [-0.2, 0) is 0 Å². The zero-order valence-electron chi connectivity index (χ0n) is 7.25. The summed E-state index contributed by atoms with van der Waals surface area (Å²) in [6, 6.07) is 1.94. The summed E-state index contributed by atoms with van der Waals surface area (Å²) in [6.45, 7) is 0. The van der Waals surface area contributed by atoms with Gasteiger partial charge in [-0.3, -0.25) is 9.97 Å². The number of nitrogens with zero attached hydrogens (tertiary/aromatic N) is 4. The minimum atomic E-state index is 0.811. The van der Waals surface area contributed by atoms with E-state index in [0.29, 0.717) is 0 Å². The molecule has 66 valence electrons. The van der Waals surface area contributed by atoms with Crippen molar-refractivity contribution in [2.75, 3.05) is 0 Å². The van der Waals surface area contributed by atoms with Crippen molar-refractivity contribution in [3.05, 3.63) is 37.2 Å². The molecule has 0 aliphatic heterocycles. The van der Waals surface area contributed by atoms with Crippen LogP contribution in [0.3, 0.4) is 0 Å². The van der Waals surface area contributed by atoms with Crippen LogP contribution in [0, 0.1) is 0 Å². The van der Waals surface area contributed by atoms with Gasteiger partial charge in [-0.1, -0.05) is 0 Å². The highest BCUT2D eigenvalue weighted by atomic mass is 14.9. The van der Waals surface area contributed by atoms with Gasteiger partial charge in [0.1, 0.15) is 17.4 Å². The van der Waals surface area contributed by atoms with Crippen molar-refractivity contribution >= 4 is 21.8 Å². The van der Waals surface area contributed by atoms with Crippen LogP contribution in [0.15, 0.2) is 37.2 Å². The van der Waals surface area contributed by atoms with Crippen molar-refractivity contribution in [3.63, 3.8) is 0 Å². The van der Waals surface area contributed by atoms with Crippen LogP contribution in [-0.4, -0.2) is 19.9 Å². The number of fused-ring (bicyclic) bond motifs is 3. The first-order valence-electron chi connectivity index (χ1n) is 4.23. The number of aromatic nitrogens is 4. The second-order valence-corrected chi connectivity index (χ2v) is 2.98. The molecule has 0 amide bonds. The topological polar surface area (TPSA) is 51.6 Å². The van der Waals surface area contributed by atoms with E-state index in [4.69, 9.17) is 0 Å². The highest BCUT2D eigenvalue weighted by Gasteiger charge is 2.01. The molecule has 0 saturated carbocycles. The lowest BCUT2D eigenvalue weighted by Gasteiger charge is -1.99. The fourth-order valence-electron chi connectivity index (χ4n) is 1.49. The summed E-state index contributed by atoms with van der Waals surface area (Å²) in [6.07, 6.45) is 8.56. The highest BCUT2D eigenvalue weighted by Crippen LogP contribution is 2.18. The first-order valence-corrected chi connectivity index (χ1v) is 4.23. The molecule has 14 heavy (non-hydrogen) atoms. The fraction of sp³-hybridized carbons (Fsp3) is 0. The van der Waals surface area contributed by atoms with Crippen LogP contribution in [0.2, 0.25) is 0 Å². The van der Waals surface area contributed by atoms with Crippen molar-refractivity contribution in [3.8, 4) is 0 Å². The van der Waals surface area contributed by atoms with Gasteiger partial charge >= 0.3 is 0 Å². The Morgan fingerprint density at radius 2 is 1.93 bits per heavy atom. The molecule has 3 aromatic heterocycles. The average Bonchev–Trinajstić information content (AvgIpc) is 2.29. The van der Waals surface area contributed by atoms with Crippen molar-refractivity contribution < 1.29 is 0 Å². The van der Waals surface area contributed by atoms with E-state index in [9.17, 15) is 0 Å². The van der Waals surface area contributed by atoms with Gasteiger partial charge in [-0.2, -0.15) is 0 Å². The lowest BCUT2D eigenvalue weighted by atomic mass is 10.2. The monoisotopic (exact) mass is 182 g/mol. The van der Waals surface area contributed by atoms with Crippen LogP contribution < -0.4 is 0 Å². The number of pyridine rings is 2. The van der Waals surface area contributed by atoms with Crippen molar-refractivity contribution in [1.29, 1.82) is 0 Å². The summed E-state index contributed by atoms with van der Waals surface area (Å²) < 4.78 is 0. The predicted molar refractivity (Wildman–Crippen MR) is 52.6 cm³/mol. The Bertz CT molecular complexity index is 551. The molecule has 0 saturated heterocycles. The molecule has 3 rings (SSSR count). The maximum atomic E-state index is 4.24. The summed E-state index contributed by atoms with van der Waals surface area (Å²) in [7, 11) is 0. The quantitative estimate of drug-likeness (QED) is 0.495. The third-order valence-corrected chi connectivity index (χ3v) is 2.14. The van der Waals surface area contributed by atoms with Crippen LogP contribution >= 0.6 is 0 Å². The van der Waals surface area contributed by atoms with Crippen molar-refractivity contribution in [2.45, 2.75) is 0 Å². The van der Waals surface area contributed by atoms with E-state index in [1.165, 1.54) is 6.33 Å². The molecule has 0 aliphatic carbocycles. The minimum Gasteiger partial charge on any atom is -0.264 e. The predicted octanol–water partition coefficient (Wildman–Crippen LogP) is 1.57. The Hall–Kier alpha value is -2.10. The number of hydrogen-bond acceptors (Lipinski definition) is 4. The summed E-state index contributed by atoms with van der Waals surface area (Å²) in [5, 5.41) is 2.06. The molecule has 4 nitrogen and oxygen atoms in total. The normalized spacial score (nSPS) is 10.9. The molecule has 0 radical (unpaired) electrons. The Morgan fingerprint density at radius 1 is 0.929 bits per heavy atom. The van der Waals surface area contributed by atoms with E-state index in [0.717, 1.165) is 21.8 Å². The molecular formula is C10H6N4. The van der Waals surface area contributed by atoms with Gasteiger partial charge in [-0.05, 0) is 6.07 Å². The third-order valence-electron chi connectivity index (χ3n) is 2.14. The molecule has 0 spiro atoms. The molecule has 0 N–H and O–H groups in total. The molecule has 0 aliphatic rings. The largest absolute Gasteiger partial charge is 0.264 e.